The average Bonchev–Trinajstić information content (AvgIpc) is 3.47. The van der Waals surface area contributed by atoms with Crippen molar-refractivity contribution in [2.24, 2.45) is 5.92 Å². The zero-order valence-corrected chi connectivity index (χ0v) is 16.0. The number of piperidine rings is 1. The number of phenolic OH excluding ortho intramolecular Hbond substituents is 1. The Morgan fingerprint density at radius 1 is 1.26 bits per heavy atom. The molecule has 0 unspecified atom stereocenters. The van der Waals surface area contributed by atoms with Crippen molar-refractivity contribution in [2.45, 2.75) is 68.4 Å². The van der Waals surface area contributed by atoms with Crippen molar-refractivity contribution in [3.05, 3.63) is 28.8 Å². The Bertz CT molecular complexity index is 789. The SMILES string of the molecule is COC(=O)c1cc(O)cc2c1C[C@H]1N(CC3CC3)CC[C@@]23CCCC[C@@]13O. The third-order valence-corrected chi connectivity index (χ3v) is 7.80. The molecule has 5 heteroatoms. The maximum Gasteiger partial charge on any atom is 0.338 e. The minimum Gasteiger partial charge on any atom is -0.508 e. The van der Waals surface area contributed by atoms with Crippen molar-refractivity contribution in [2.75, 3.05) is 20.2 Å². The van der Waals surface area contributed by atoms with E-state index in [1.807, 2.05) is 6.07 Å². The minimum atomic E-state index is -0.771. The van der Waals surface area contributed by atoms with Crippen LogP contribution in [0.2, 0.25) is 0 Å². The summed E-state index contributed by atoms with van der Waals surface area (Å²) in [5, 5.41) is 22.4. The lowest BCUT2D eigenvalue weighted by molar-refractivity contribution is -0.166. The van der Waals surface area contributed by atoms with Crippen molar-refractivity contribution in [1.29, 1.82) is 0 Å². The van der Waals surface area contributed by atoms with Crippen LogP contribution in [-0.2, 0) is 16.6 Å². The number of phenols is 1. The zero-order valence-electron chi connectivity index (χ0n) is 16.0. The van der Waals surface area contributed by atoms with Crippen molar-refractivity contribution in [1.82, 2.24) is 4.90 Å². The molecular formula is C22H29NO4. The molecule has 5 rings (SSSR count). The summed E-state index contributed by atoms with van der Waals surface area (Å²) in [5.41, 5.74) is 1.32. The molecule has 4 aliphatic rings. The van der Waals surface area contributed by atoms with Crippen LogP contribution in [0.5, 0.6) is 5.75 Å². The van der Waals surface area contributed by atoms with Gasteiger partial charge in [0.25, 0.3) is 0 Å². The lowest BCUT2D eigenvalue weighted by atomic mass is 9.49. The van der Waals surface area contributed by atoms with Crippen LogP contribution in [0.4, 0.5) is 0 Å². The number of ether oxygens (including phenoxy) is 1. The van der Waals surface area contributed by atoms with E-state index in [0.29, 0.717) is 12.0 Å². The van der Waals surface area contributed by atoms with E-state index >= 15 is 0 Å². The van der Waals surface area contributed by atoms with Crippen molar-refractivity contribution < 1.29 is 19.7 Å². The highest BCUT2D eigenvalue weighted by molar-refractivity contribution is 5.92. The second kappa shape index (κ2) is 5.95. The number of methoxy groups -OCH3 is 1. The van der Waals surface area contributed by atoms with Gasteiger partial charge in [0.1, 0.15) is 5.75 Å². The molecule has 1 aliphatic heterocycles. The van der Waals surface area contributed by atoms with E-state index in [1.54, 1.807) is 0 Å². The lowest BCUT2D eigenvalue weighted by Gasteiger charge is -2.64. The van der Waals surface area contributed by atoms with Gasteiger partial charge in [-0.1, -0.05) is 12.8 Å². The minimum absolute atomic E-state index is 0.0487. The van der Waals surface area contributed by atoms with E-state index < -0.39 is 11.6 Å². The molecule has 1 aromatic rings. The Hall–Kier alpha value is -1.59. The summed E-state index contributed by atoms with van der Waals surface area (Å²) in [7, 11) is 1.39. The van der Waals surface area contributed by atoms with Crippen LogP contribution in [0.25, 0.3) is 0 Å². The summed E-state index contributed by atoms with van der Waals surface area (Å²) in [6.07, 6.45) is 8.00. The molecule has 2 saturated carbocycles. The van der Waals surface area contributed by atoms with Crippen LogP contribution < -0.4 is 0 Å². The number of carbonyl (C=O) groups excluding carboxylic acids is 1. The summed E-state index contributed by atoms with van der Waals surface area (Å²) >= 11 is 0. The molecule has 1 heterocycles. The molecule has 0 aromatic heterocycles. The smallest absolute Gasteiger partial charge is 0.338 e. The fraction of sp³-hybridized carbons (Fsp3) is 0.682. The predicted octanol–water partition coefficient (Wildman–Crippen LogP) is 2.76. The van der Waals surface area contributed by atoms with Crippen molar-refractivity contribution in [3.63, 3.8) is 0 Å². The van der Waals surface area contributed by atoms with Gasteiger partial charge in [0.2, 0.25) is 0 Å². The zero-order chi connectivity index (χ0) is 18.8. The lowest BCUT2D eigenvalue weighted by Crippen LogP contribution is -2.72. The molecule has 146 valence electrons. The van der Waals surface area contributed by atoms with Crippen LogP contribution in [0.15, 0.2) is 12.1 Å². The predicted molar refractivity (Wildman–Crippen MR) is 101 cm³/mol. The van der Waals surface area contributed by atoms with Gasteiger partial charge in [-0.25, -0.2) is 4.79 Å². The standard InChI is InChI=1S/C22H29NO4/c1-27-20(25)17-10-15(24)11-18-16(17)12-19-22(26)7-3-2-6-21(18,22)8-9-23(19)13-14-4-5-14/h10-11,14,19,24,26H,2-9,12-13H2,1H3/t19-,21+,22-/m1/s1. The van der Waals surface area contributed by atoms with Crippen LogP contribution in [-0.4, -0.2) is 52.9 Å². The molecule has 1 saturated heterocycles. The fourth-order valence-electron chi connectivity index (χ4n) is 6.34. The number of aromatic hydroxyl groups is 1. The van der Waals surface area contributed by atoms with Gasteiger partial charge in [0.05, 0.1) is 18.3 Å². The first kappa shape index (κ1) is 17.5. The first-order chi connectivity index (χ1) is 13.0. The van der Waals surface area contributed by atoms with Gasteiger partial charge >= 0.3 is 5.97 Å². The molecule has 0 spiro atoms. The molecule has 3 fully saturated rings. The molecule has 2 N–H and O–H groups in total. The first-order valence-electron chi connectivity index (χ1n) is 10.4. The van der Waals surface area contributed by atoms with E-state index in [4.69, 9.17) is 4.74 Å². The number of nitrogens with zero attached hydrogens (tertiary/aromatic N) is 1. The summed E-state index contributed by atoms with van der Waals surface area (Å²) < 4.78 is 5.01. The molecule has 2 bridgehead atoms. The largest absolute Gasteiger partial charge is 0.508 e. The number of hydrogen-bond acceptors (Lipinski definition) is 5. The average molecular weight is 371 g/mol. The number of aliphatic hydroxyl groups is 1. The van der Waals surface area contributed by atoms with E-state index in [1.165, 1.54) is 26.0 Å². The number of benzene rings is 1. The van der Waals surface area contributed by atoms with Gasteiger partial charge in [0.15, 0.2) is 0 Å². The van der Waals surface area contributed by atoms with Crippen LogP contribution >= 0.6 is 0 Å². The summed E-state index contributed by atoms with van der Waals surface area (Å²) in [6.45, 7) is 2.05. The second-order valence-corrected chi connectivity index (χ2v) is 9.13. The third-order valence-electron chi connectivity index (χ3n) is 7.80. The Labute approximate surface area is 160 Å². The summed E-state index contributed by atoms with van der Waals surface area (Å²) in [6, 6.07) is 3.40. The molecular weight excluding hydrogens is 342 g/mol. The van der Waals surface area contributed by atoms with Crippen LogP contribution in [0.1, 0.15) is 66.4 Å². The van der Waals surface area contributed by atoms with E-state index in [2.05, 4.69) is 4.90 Å². The highest BCUT2D eigenvalue weighted by Crippen LogP contribution is 2.59. The Morgan fingerprint density at radius 3 is 2.78 bits per heavy atom. The van der Waals surface area contributed by atoms with Gasteiger partial charge in [-0.05, 0) is 74.2 Å². The third kappa shape index (κ3) is 2.40. The number of fused-ring (bicyclic) bond motifs is 1. The van der Waals surface area contributed by atoms with Crippen LogP contribution in [0, 0.1) is 5.92 Å². The van der Waals surface area contributed by atoms with E-state index in [0.717, 1.165) is 62.2 Å². The number of likely N-dealkylation sites (tertiary alicyclic amines) is 1. The quantitative estimate of drug-likeness (QED) is 0.800. The topological polar surface area (TPSA) is 70.0 Å². The maximum atomic E-state index is 12.5. The number of rotatable bonds is 3. The Kier molecular flexibility index (Phi) is 3.86. The highest BCUT2D eigenvalue weighted by Gasteiger charge is 2.63. The number of hydrogen-bond donors (Lipinski definition) is 2. The summed E-state index contributed by atoms with van der Waals surface area (Å²) in [5.74, 6) is 0.466. The highest BCUT2D eigenvalue weighted by atomic mass is 16.5. The van der Waals surface area contributed by atoms with E-state index in [-0.39, 0.29) is 17.2 Å². The maximum absolute atomic E-state index is 12.5. The molecule has 27 heavy (non-hydrogen) atoms. The van der Waals surface area contributed by atoms with Gasteiger partial charge in [0, 0.05) is 18.0 Å². The van der Waals surface area contributed by atoms with Gasteiger partial charge in [-0.3, -0.25) is 4.90 Å². The van der Waals surface area contributed by atoms with Gasteiger partial charge in [-0.2, -0.15) is 0 Å². The molecule has 5 nitrogen and oxygen atoms in total. The second-order valence-electron chi connectivity index (χ2n) is 9.13. The molecule has 0 amide bonds. The Morgan fingerprint density at radius 2 is 2.04 bits per heavy atom. The Balaban J connectivity index is 1.68. The van der Waals surface area contributed by atoms with Crippen molar-refractivity contribution in [3.8, 4) is 5.75 Å². The van der Waals surface area contributed by atoms with Crippen molar-refractivity contribution >= 4 is 5.97 Å². The number of esters is 1. The molecule has 1 aromatic carbocycles. The van der Waals surface area contributed by atoms with Gasteiger partial charge < -0.3 is 14.9 Å². The molecule has 0 radical (unpaired) electrons. The fourth-order valence-corrected chi connectivity index (χ4v) is 6.34. The normalized spacial score (nSPS) is 35.3. The summed E-state index contributed by atoms with van der Waals surface area (Å²) in [4.78, 5) is 15.0. The number of carbonyl (C=O) groups is 1. The molecule has 3 atom stereocenters. The first-order valence-corrected chi connectivity index (χ1v) is 10.4. The monoisotopic (exact) mass is 371 g/mol. The van der Waals surface area contributed by atoms with E-state index in [9.17, 15) is 15.0 Å². The van der Waals surface area contributed by atoms with Crippen LogP contribution in [0.3, 0.4) is 0 Å². The van der Waals surface area contributed by atoms with Gasteiger partial charge in [-0.15, -0.1) is 0 Å². The molecule has 3 aliphatic carbocycles.